The molecule has 2 fully saturated rings. The van der Waals surface area contributed by atoms with Crippen molar-refractivity contribution in [3.8, 4) is 68.6 Å². The summed E-state index contributed by atoms with van der Waals surface area (Å²) in [6.07, 6.45) is 12.4. The number of oxazole rings is 1. The van der Waals surface area contributed by atoms with Crippen LogP contribution in [0.5, 0.6) is 0 Å². The van der Waals surface area contributed by atoms with Crippen molar-refractivity contribution in [1.29, 1.82) is 0 Å². The highest BCUT2D eigenvalue weighted by Crippen LogP contribution is 2.49. The molecule has 1 saturated heterocycles. The molecule has 0 spiro atoms. The van der Waals surface area contributed by atoms with Crippen LogP contribution in [-0.4, -0.2) is 90.4 Å². The summed E-state index contributed by atoms with van der Waals surface area (Å²) >= 11 is 0. The third-order valence-electron chi connectivity index (χ3n) is 15.3. The van der Waals surface area contributed by atoms with Crippen molar-refractivity contribution in [2.24, 2.45) is 0 Å². The number of nitrogens with zero attached hydrogens (tertiary/aromatic N) is 11. The molecule has 1 saturated carbocycles. The van der Waals surface area contributed by atoms with Crippen molar-refractivity contribution < 1.29 is 32.4 Å². The van der Waals surface area contributed by atoms with E-state index in [1.807, 2.05) is 137 Å². The fourth-order valence-corrected chi connectivity index (χ4v) is 10.5. The van der Waals surface area contributed by atoms with Crippen LogP contribution in [0.3, 0.4) is 0 Å². The molecule has 14 rings (SSSR count). The van der Waals surface area contributed by atoms with Crippen LogP contribution in [-0.2, 0) is 35.4 Å². The molecule has 6 aromatic heterocycles. The Hall–Kier alpha value is -9.03. The van der Waals surface area contributed by atoms with Crippen molar-refractivity contribution in [3.05, 3.63) is 151 Å². The quantitative estimate of drug-likeness (QED) is 0.138. The summed E-state index contributed by atoms with van der Waals surface area (Å²) < 4.78 is 23.0. The van der Waals surface area contributed by atoms with Gasteiger partial charge in [0, 0.05) is 100 Å². The summed E-state index contributed by atoms with van der Waals surface area (Å²) in [5, 5.41) is 16.5. The number of carbonyl (C=O) groups is 3. The summed E-state index contributed by atoms with van der Waals surface area (Å²) in [7, 11) is 1.79. The van der Waals surface area contributed by atoms with Gasteiger partial charge in [0.2, 0.25) is 47.2 Å². The minimum absolute atomic E-state index is 0.0812. The van der Waals surface area contributed by atoms with Crippen molar-refractivity contribution in [2.75, 3.05) is 35.0 Å². The van der Waals surface area contributed by atoms with Crippen LogP contribution in [0.25, 0.3) is 68.6 Å². The minimum atomic E-state index is -0.555. The Labute approximate surface area is 449 Å². The van der Waals surface area contributed by atoms with Gasteiger partial charge >= 0.3 is 0 Å². The predicted molar refractivity (Wildman–Crippen MR) is 291 cm³/mol. The highest BCUT2D eigenvalue weighted by Gasteiger charge is 2.50. The molecule has 392 valence electrons. The average Bonchev–Trinajstić information content (AvgIpc) is 4.08. The van der Waals surface area contributed by atoms with Crippen molar-refractivity contribution in [3.63, 3.8) is 0 Å². The molecular weight excluding hydrogens is 987 g/mol. The van der Waals surface area contributed by atoms with Crippen LogP contribution in [0, 0.1) is 6.92 Å². The van der Waals surface area contributed by atoms with E-state index in [4.69, 9.17) is 18.0 Å². The first-order valence-electron chi connectivity index (χ1n) is 25.8. The van der Waals surface area contributed by atoms with Crippen molar-refractivity contribution in [2.45, 2.75) is 89.6 Å². The number of anilines is 3. The molecule has 78 heavy (non-hydrogen) atoms. The van der Waals surface area contributed by atoms with E-state index in [2.05, 4.69) is 52.5 Å². The van der Waals surface area contributed by atoms with Gasteiger partial charge < -0.3 is 32.7 Å². The summed E-state index contributed by atoms with van der Waals surface area (Å²) in [6.45, 7) is 14.9. The third kappa shape index (κ3) is 8.61. The Morgan fingerprint density at radius 2 is 0.897 bits per heavy atom. The summed E-state index contributed by atoms with van der Waals surface area (Å²) in [6, 6.07) is 29.4. The zero-order valence-electron chi connectivity index (χ0n) is 44.4. The van der Waals surface area contributed by atoms with Gasteiger partial charge in [0.25, 0.3) is 0 Å². The lowest BCUT2D eigenvalue weighted by Crippen LogP contribution is -2.52. The number of ether oxygens (including phenoxy) is 1. The zero-order valence-corrected chi connectivity index (χ0v) is 44.4. The maximum absolute atomic E-state index is 13.0. The van der Waals surface area contributed by atoms with E-state index in [1.54, 1.807) is 49.1 Å². The monoisotopic (exact) mass is 1040 g/mol. The van der Waals surface area contributed by atoms with Gasteiger partial charge in [-0.3, -0.25) is 29.3 Å². The highest BCUT2D eigenvalue weighted by atomic mass is 16.5. The summed E-state index contributed by atoms with van der Waals surface area (Å²) in [5.41, 5.74) is 10.3. The molecule has 18 heteroatoms. The van der Waals surface area contributed by atoms with Crippen LogP contribution in [0.1, 0.15) is 76.8 Å². The fraction of sp³-hybridized carbons (Fsp3) is 0.283. The fourth-order valence-electron chi connectivity index (χ4n) is 10.5. The molecule has 18 nitrogen and oxygen atoms in total. The standard InChI is InChI=1S/C22H21N3O2.C20H18N4O3.C18H16N4O2/c1-13-10-15(8-9-23-13)20-24-12-19(27-20)14-4-7-17-18(11-14)25(16-5-6-16)21(26)22(17,2)3;1-20(2)15-4-3-13(9-16(15)24(19(20)25)14-10-26-11-14)18-23-22-17(27-18)12-5-7-21-8-6-12;1-18(2)13-5-4-12(10-14(13)22(3)17(18)23)16-21-20-15(24-16)11-6-8-19-9-7-11/h4,7-12,16H,5-6H2,1-3H3;3-9,14H,10-11H2,1-2H3;4-10H,1-3H3. The molecule has 3 aromatic carbocycles. The smallest absolute Gasteiger partial charge is 0.248 e. The van der Waals surface area contributed by atoms with E-state index in [1.165, 1.54) is 0 Å². The Morgan fingerprint density at radius 1 is 0.462 bits per heavy atom. The molecule has 0 radical (unpaired) electrons. The van der Waals surface area contributed by atoms with Gasteiger partial charge in [-0.2, -0.15) is 0 Å². The second kappa shape index (κ2) is 18.9. The van der Waals surface area contributed by atoms with Gasteiger partial charge in [-0.15, -0.1) is 20.4 Å². The SMILES string of the molecule is CC1(C)C(=O)N(C2COC2)c2cc(-c3nnc(-c4ccncc4)o3)ccc21.CN1C(=O)C(C)(C)c2ccc(-c3nnc(-c4ccncc4)o3)cc21.Cc1cc(-c2ncc(-c3ccc4c(c3)N(C3CC3)C(=O)C4(C)C)o2)ccn1. The summed E-state index contributed by atoms with van der Waals surface area (Å²) in [5.74, 6) is 3.39. The first-order valence-corrected chi connectivity index (χ1v) is 25.8. The van der Waals surface area contributed by atoms with Gasteiger partial charge in [-0.25, -0.2) is 4.98 Å². The number of pyridine rings is 3. The molecule has 10 heterocycles. The largest absolute Gasteiger partial charge is 0.436 e. The number of fused-ring (bicyclic) bond motifs is 3. The summed E-state index contributed by atoms with van der Waals surface area (Å²) in [4.78, 5) is 60.4. The Balaban J connectivity index is 0.000000117. The molecular formula is C60H55N11O7. The van der Waals surface area contributed by atoms with E-state index in [0.717, 1.165) is 85.7 Å². The maximum Gasteiger partial charge on any atom is 0.248 e. The number of benzene rings is 3. The molecule has 0 unspecified atom stereocenters. The lowest BCUT2D eigenvalue weighted by Gasteiger charge is -2.35. The lowest BCUT2D eigenvalue weighted by molar-refractivity contribution is -0.124. The molecule has 3 amide bonds. The van der Waals surface area contributed by atoms with Crippen LogP contribution < -0.4 is 14.7 Å². The predicted octanol–water partition coefficient (Wildman–Crippen LogP) is 10.4. The number of hydrogen-bond donors (Lipinski definition) is 0. The number of hydrogen-bond acceptors (Lipinski definition) is 15. The molecule has 4 aliphatic heterocycles. The van der Waals surface area contributed by atoms with E-state index in [9.17, 15) is 14.4 Å². The topological polar surface area (TPSA) is 213 Å². The normalized spacial score (nSPS) is 17.4. The number of rotatable bonds is 8. The number of carbonyl (C=O) groups excluding carboxylic acids is 3. The number of aryl methyl sites for hydroxylation is 1. The maximum atomic E-state index is 13.0. The number of aromatic nitrogens is 8. The van der Waals surface area contributed by atoms with E-state index >= 15 is 0 Å². The lowest BCUT2D eigenvalue weighted by atomic mass is 9.86. The second-order valence-electron chi connectivity index (χ2n) is 21.7. The van der Waals surface area contributed by atoms with Crippen LogP contribution >= 0.6 is 0 Å². The van der Waals surface area contributed by atoms with Gasteiger partial charge in [0.1, 0.15) is 0 Å². The molecule has 0 N–H and O–H groups in total. The third-order valence-corrected chi connectivity index (χ3v) is 15.3. The van der Waals surface area contributed by atoms with Crippen LogP contribution in [0.15, 0.2) is 141 Å². The van der Waals surface area contributed by atoms with Gasteiger partial charge in [-0.1, -0.05) is 24.3 Å². The van der Waals surface area contributed by atoms with Crippen LogP contribution in [0.4, 0.5) is 17.1 Å². The van der Waals surface area contributed by atoms with Gasteiger partial charge in [0.05, 0.1) is 41.7 Å². The first kappa shape index (κ1) is 49.8. The Morgan fingerprint density at radius 3 is 1.40 bits per heavy atom. The van der Waals surface area contributed by atoms with E-state index in [0.29, 0.717) is 54.5 Å². The molecule has 9 aromatic rings. The van der Waals surface area contributed by atoms with Gasteiger partial charge in [0.15, 0.2) is 5.76 Å². The number of amides is 3. The van der Waals surface area contributed by atoms with Crippen molar-refractivity contribution >= 4 is 34.8 Å². The Bertz CT molecular complexity index is 3800. The van der Waals surface area contributed by atoms with E-state index in [-0.39, 0.29) is 23.8 Å². The minimum Gasteiger partial charge on any atom is -0.436 e. The first-order chi connectivity index (χ1) is 37.5. The number of likely N-dealkylation sites (N-methyl/N-ethyl adjacent to an activating group) is 1. The zero-order chi connectivity index (χ0) is 54.3. The van der Waals surface area contributed by atoms with Crippen molar-refractivity contribution in [1.82, 2.24) is 40.3 Å². The van der Waals surface area contributed by atoms with Crippen LogP contribution in [0.2, 0.25) is 0 Å². The average molecular weight is 1040 g/mol. The molecule has 0 atom stereocenters. The Kier molecular flexibility index (Phi) is 12.1. The van der Waals surface area contributed by atoms with E-state index < -0.39 is 16.2 Å². The second-order valence-corrected chi connectivity index (χ2v) is 21.7. The highest BCUT2D eigenvalue weighted by molar-refractivity contribution is 6.10. The molecule has 5 aliphatic rings. The van der Waals surface area contributed by atoms with Gasteiger partial charge in [-0.05, 0) is 145 Å². The molecule has 0 bridgehead atoms. The molecule has 1 aliphatic carbocycles.